The highest BCUT2D eigenvalue weighted by Crippen LogP contribution is 2.24. The van der Waals surface area contributed by atoms with Crippen molar-refractivity contribution in [2.45, 2.75) is 13.0 Å². The number of hydrogen-bond donors (Lipinski definition) is 0. The van der Waals surface area contributed by atoms with Crippen LogP contribution in [0.1, 0.15) is 21.5 Å². The van der Waals surface area contributed by atoms with E-state index in [1.807, 2.05) is 23.1 Å². The monoisotopic (exact) mass is 336 g/mol. The number of aromatic nitrogens is 1. The van der Waals surface area contributed by atoms with Crippen LogP contribution in [0.4, 0.5) is 5.82 Å². The average molecular weight is 336 g/mol. The second kappa shape index (κ2) is 6.84. The van der Waals surface area contributed by atoms with Crippen molar-refractivity contribution in [1.29, 1.82) is 0 Å². The molecule has 0 spiro atoms. The highest BCUT2D eigenvalue weighted by Gasteiger charge is 2.26. The number of piperazine rings is 1. The van der Waals surface area contributed by atoms with E-state index in [2.05, 4.69) is 40.0 Å². The van der Waals surface area contributed by atoms with Crippen LogP contribution in [0.5, 0.6) is 0 Å². The molecule has 130 valence electrons. The van der Waals surface area contributed by atoms with E-state index in [0.717, 1.165) is 50.5 Å². The highest BCUT2D eigenvalue weighted by atomic mass is 16.2. The Labute approximate surface area is 148 Å². The van der Waals surface area contributed by atoms with Gasteiger partial charge in [0.15, 0.2) is 0 Å². The molecule has 4 rings (SSSR count). The molecule has 0 N–H and O–H groups in total. The van der Waals surface area contributed by atoms with Crippen molar-refractivity contribution in [3.05, 3.63) is 59.3 Å². The van der Waals surface area contributed by atoms with E-state index in [4.69, 9.17) is 0 Å². The van der Waals surface area contributed by atoms with Gasteiger partial charge in [0.25, 0.3) is 5.91 Å². The van der Waals surface area contributed by atoms with E-state index in [9.17, 15) is 4.79 Å². The molecule has 0 bridgehead atoms. The van der Waals surface area contributed by atoms with Gasteiger partial charge in [-0.05, 0) is 36.7 Å². The van der Waals surface area contributed by atoms with Crippen LogP contribution in [0.25, 0.3) is 0 Å². The van der Waals surface area contributed by atoms with Gasteiger partial charge in [-0.1, -0.05) is 24.3 Å². The Kier molecular flexibility index (Phi) is 4.40. The van der Waals surface area contributed by atoms with E-state index < -0.39 is 0 Å². The van der Waals surface area contributed by atoms with Crippen molar-refractivity contribution in [2.75, 3.05) is 44.7 Å². The highest BCUT2D eigenvalue weighted by molar-refractivity contribution is 5.99. The summed E-state index contributed by atoms with van der Waals surface area (Å²) in [5.74, 6) is 0.927. The van der Waals surface area contributed by atoms with E-state index in [1.54, 1.807) is 6.20 Å². The van der Waals surface area contributed by atoms with Gasteiger partial charge in [-0.15, -0.1) is 0 Å². The third-order valence-electron chi connectivity index (χ3n) is 5.24. The maximum Gasteiger partial charge on any atom is 0.257 e. The van der Waals surface area contributed by atoms with Gasteiger partial charge in [0.1, 0.15) is 5.82 Å². The van der Waals surface area contributed by atoms with Gasteiger partial charge in [-0.25, -0.2) is 4.98 Å². The molecule has 25 heavy (non-hydrogen) atoms. The molecule has 2 aliphatic heterocycles. The minimum absolute atomic E-state index is 0.0940. The second-order valence-electron chi connectivity index (χ2n) is 6.91. The van der Waals surface area contributed by atoms with Crippen molar-refractivity contribution in [2.24, 2.45) is 0 Å². The summed E-state index contributed by atoms with van der Waals surface area (Å²) < 4.78 is 0. The Bertz CT molecular complexity index is 768. The number of rotatable bonds is 2. The molecule has 0 saturated carbocycles. The SMILES string of the molecule is CN1CCN(c2ncccc2C(=O)N2CCc3ccccc3C2)CC1. The van der Waals surface area contributed by atoms with Crippen molar-refractivity contribution >= 4 is 11.7 Å². The maximum absolute atomic E-state index is 13.2. The number of fused-ring (bicyclic) bond motifs is 1. The lowest BCUT2D eigenvalue weighted by Crippen LogP contribution is -2.46. The minimum atomic E-state index is 0.0940. The first-order chi connectivity index (χ1) is 12.2. The van der Waals surface area contributed by atoms with Crippen molar-refractivity contribution in [3.63, 3.8) is 0 Å². The van der Waals surface area contributed by atoms with E-state index >= 15 is 0 Å². The van der Waals surface area contributed by atoms with Crippen LogP contribution in [-0.2, 0) is 13.0 Å². The van der Waals surface area contributed by atoms with Gasteiger partial charge in [0.2, 0.25) is 0 Å². The number of nitrogens with zero attached hydrogens (tertiary/aromatic N) is 4. The zero-order chi connectivity index (χ0) is 17.2. The molecular weight excluding hydrogens is 312 g/mol. The predicted molar refractivity (Wildman–Crippen MR) is 98.8 cm³/mol. The standard InChI is InChI=1S/C20H24N4O/c1-22-11-13-23(14-12-22)19-18(7-4-9-21-19)20(25)24-10-8-16-5-2-3-6-17(16)15-24/h2-7,9H,8,10-15H2,1H3. The number of anilines is 1. The second-order valence-corrected chi connectivity index (χ2v) is 6.91. The number of pyridine rings is 1. The molecule has 0 atom stereocenters. The van der Waals surface area contributed by atoms with Gasteiger partial charge >= 0.3 is 0 Å². The molecule has 1 aromatic heterocycles. The number of benzene rings is 1. The fourth-order valence-corrected chi connectivity index (χ4v) is 3.67. The summed E-state index contributed by atoms with van der Waals surface area (Å²) in [6.45, 7) is 5.29. The summed E-state index contributed by atoms with van der Waals surface area (Å²) in [4.78, 5) is 24.2. The number of amides is 1. The summed E-state index contributed by atoms with van der Waals surface area (Å²) in [6, 6.07) is 12.2. The average Bonchev–Trinajstić information content (AvgIpc) is 2.68. The summed E-state index contributed by atoms with van der Waals surface area (Å²) in [7, 11) is 2.13. The number of carbonyl (C=O) groups is 1. The first kappa shape index (κ1) is 16.1. The van der Waals surface area contributed by atoms with Gasteiger partial charge in [-0.2, -0.15) is 0 Å². The zero-order valence-corrected chi connectivity index (χ0v) is 14.7. The molecule has 0 radical (unpaired) electrons. The molecule has 1 fully saturated rings. The summed E-state index contributed by atoms with van der Waals surface area (Å²) in [5, 5.41) is 0. The lowest BCUT2D eigenvalue weighted by atomic mass is 9.99. The fourth-order valence-electron chi connectivity index (χ4n) is 3.67. The molecule has 0 aliphatic carbocycles. The largest absolute Gasteiger partial charge is 0.353 e. The first-order valence-electron chi connectivity index (χ1n) is 8.97. The number of hydrogen-bond acceptors (Lipinski definition) is 4. The summed E-state index contributed by atoms with van der Waals surface area (Å²) in [5.41, 5.74) is 3.34. The quantitative estimate of drug-likeness (QED) is 0.841. The molecule has 2 aliphatic rings. The van der Waals surface area contributed by atoms with Crippen LogP contribution in [0, 0.1) is 0 Å². The molecule has 0 unspecified atom stereocenters. The molecule has 1 aromatic carbocycles. The lowest BCUT2D eigenvalue weighted by molar-refractivity contribution is 0.0735. The lowest BCUT2D eigenvalue weighted by Gasteiger charge is -2.35. The van der Waals surface area contributed by atoms with Gasteiger partial charge < -0.3 is 14.7 Å². The van der Waals surface area contributed by atoms with Crippen LogP contribution < -0.4 is 4.90 Å². The van der Waals surface area contributed by atoms with Crippen molar-refractivity contribution < 1.29 is 4.79 Å². The topological polar surface area (TPSA) is 39.7 Å². The third-order valence-corrected chi connectivity index (χ3v) is 5.24. The number of carbonyl (C=O) groups excluding carboxylic acids is 1. The van der Waals surface area contributed by atoms with E-state index in [0.29, 0.717) is 6.54 Å². The Morgan fingerprint density at radius 1 is 0.960 bits per heavy atom. The zero-order valence-electron chi connectivity index (χ0n) is 14.7. The Morgan fingerprint density at radius 3 is 2.52 bits per heavy atom. The van der Waals surface area contributed by atoms with Gasteiger partial charge in [0.05, 0.1) is 5.56 Å². The molecule has 5 heteroatoms. The summed E-state index contributed by atoms with van der Waals surface area (Å²) >= 11 is 0. The van der Waals surface area contributed by atoms with E-state index in [-0.39, 0.29) is 5.91 Å². The maximum atomic E-state index is 13.2. The van der Waals surface area contributed by atoms with Crippen molar-refractivity contribution in [3.8, 4) is 0 Å². The fraction of sp³-hybridized carbons (Fsp3) is 0.400. The van der Waals surface area contributed by atoms with Crippen LogP contribution in [0.15, 0.2) is 42.6 Å². The van der Waals surface area contributed by atoms with Crippen LogP contribution in [0.3, 0.4) is 0 Å². The third kappa shape index (κ3) is 3.24. The molecule has 3 heterocycles. The Morgan fingerprint density at radius 2 is 1.72 bits per heavy atom. The van der Waals surface area contributed by atoms with Crippen LogP contribution in [0.2, 0.25) is 0 Å². The normalized spacial score (nSPS) is 18.1. The van der Waals surface area contributed by atoms with Crippen LogP contribution >= 0.6 is 0 Å². The smallest absolute Gasteiger partial charge is 0.257 e. The molecule has 1 saturated heterocycles. The number of likely N-dealkylation sites (N-methyl/N-ethyl adjacent to an activating group) is 1. The Hall–Kier alpha value is -2.40. The van der Waals surface area contributed by atoms with E-state index in [1.165, 1.54) is 11.1 Å². The van der Waals surface area contributed by atoms with Gasteiger partial charge in [-0.3, -0.25) is 4.79 Å². The minimum Gasteiger partial charge on any atom is -0.353 e. The first-order valence-corrected chi connectivity index (χ1v) is 8.97. The predicted octanol–water partition coefficient (Wildman–Crippen LogP) is 2.03. The molecule has 2 aromatic rings. The molecule has 5 nitrogen and oxygen atoms in total. The van der Waals surface area contributed by atoms with Crippen LogP contribution in [-0.4, -0.2) is 60.5 Å². The summed E-state index contributed by atoms with van der Waals surface area (Å²) in [6.07, 6.45) is 2.71. The van der Waals surface area contributed by atoms with Crippen molar-refractivity contribution in [1.82, 2.24) is 14.8 Å². The molecular formula is C20H24N4O. The molecule has 1 amide bonds. The van der Waals surface area contributed by atoms with Gasteiger partial charge in [0, 0.05) is 45.5 Å². The Balaban J connectivity index is 1.57.